The molecular formula is C16H19ClN2O5. The lowest BCUT2D eigenvalue weighted by atomic mass is 10.2. The number of benzene rings is 1. The molecule has 0 spiro atoms. The van der Waals surface area contributed by atoms with Crippen LogP contribution >= 0.6 is 11.6 Å². The Hall–Kier alpha value is -2.28. The number of anilines is 1. The van der Waals surface area contributed by atoms with Gasteiger partial charge in [0.25, 0.3) is 5.91 Å². The second-order valence-electron chi connectivity index (χ2n) is 5.53. The van der Waals surface area contributed by atoms with Gasteiger partial charge >= 0.3 is 5.97 Å². The monoisotopic (exact) mass is 354 g/mol. The molecule has 2 atom stereocenters. The number of nitrogens with one attached hydrogen (secondary N) is 2. The van der Waals surface area contributed by atoms with E-state index >= 15 is 0 Å². The zero-order valence-corrected chi connectivity index (χ0v) is 14.4. The van der Waals surface area contributed by atoms with Crippen LogP contribution in [0, 0.1) is 6.92 Å². The van der Waals surface area contributed by atoms with Crippen molar-refractivity contribution in [3.05, 3.63) is 22.7 Å². The maximum atomic E-state index is 12.2. The fourth-order valence-corrected chi connectivity index (χ4v) is 2.42. The highest BCUT2D eigenvalue weighted by atomic mass is 35.5. The first-order valence-corrected chi connectivity index (χ1v) is 7.84. The summed E-state index contributed by atoms with van der Waals surface area (Å²) < 4.78 is 10.3. The number of carbonyl (C=O) groups is 3. The number of amides is 2. The molecule has 7 nitrogen and oxygen atoms in total. The van der Waals surface area contributed by atoms with Crippen LogP contribution in [-0.2, 0) is 19.1 Å². The summed E-state index contributed by atoms with van der Waals surface area (Å²) in [6.45, 7) is 3.25. The van der Waals surface area contributed by atoms with Crippen LogP contribution in [-0.4, -0.2) is 37.0 Å². The molecule has 130 valence electrons. The van der Waals surface area contributed by atoms with Crippen LogP contribution in [0.1, 0.15) is 25.3 Å². The Balaban J connectivity index is 2.00. The lowest BCUT2D eigenvalue weighted by molar-refractivity contribution is -0.155. The van der Waals surface area contributed by atoms with Crippen molar-refractivity contribution in [1.29, 1.82) is 0 Å². The highest BCUT2D eigenvalue weighted by Crippen LogP contribution is 2.31. The maximum absolute atomic E-state index is 12.2. The molecule has 2 N–H and O–H groups in total. The van der Waals surface area contributed by atoms with Crippen LogP contribution in [0.4, 0.5) is 5.69 Å². The van der Waals surface area contributed by atoms with Crippen molar-refractivity contribution in [1.82, 2.24) is 5.32 Å². The summed E-state index contributed by atoms with van der Waals surface area (Å²) in [6.07, 6.45) is -0.367. The van der Waals surface area contributed by atoms with E-state index in [4.69, 9.17) is 21.1 Å². The van der Waals surface area contributed by atoms with Crippen molar-refractivity contribution in [2.75, 3.05) is 12.4 Å². The van der Waals surface area contributed by atoms with Gasteiger partial charge in [-0.3, -0.25) is 9.59 Å². The van der Waals surface area contributed by atoms with Crippen LogP contribution in [0.2, 0.25) is 5.02 Å². The summed E-state index contributed by atoms with van der Waals surface area (Å²) in [6, 6.07) is 2.57. The molecule has 0 bridgehead atoms. The first-order valence-electron chi connectivity index (χ1n) is 7.46. The average Bonchev–Trinajstić information content (AvgIpc) is 2.97. The number of rotatable bonds is 5. The quantitative estimate of drug-likeness (QED) is 0.786. The molecule has 1 fully saturated rings. The standard InChI is InChI=1S/C16H19ClN2O5/c1-8-6-12(13(23-3)7-10(8)17)19-15(21)9(2)24-16(22)11-4-5-14(20)18-11/h6-7,9,11H,4-5H2,1-3H3,(H,18,20)(H,19,21)/t9-,11-/m1/s1. The highest BCUT2D eigenvalue weighted by Gasteiger charge is 2.31. The zero-order valence-electron chi connectivity index (χ0n) is 13.6. The molecule has 0 aliphatic carbocycles. The van der Waals surface area contributed by atoms with E-state index in [-0.39, 0.29) is 12.3 Å². The zero-order chi connectivity index (χ0) is 17.9. The fraction of sp³-hybridized carbons (Fsp3) is 0.438. The molecule has 1 aliphatic heterocycles. The van der Waals surface area contributed by atoms with Crippen molar-refractivity contribution < 1.29 is 23.9 Å². The molecule has 8 heteroatoms. The molecule has 1 aromatic rings. The minimum atomic E-state index is -1.02. The second kappa shape index (κ2) is 7.53. The van der Waals surface area contributed by atoms with Crippen LogP contribution < -0.4 is 15.4 Å². The van der Waals surface area contributed by atoms with Gasteiger partial charge in [0, 0.05) is 17.5 Å². The molecule has 2 amide bonds. The SMILES string of the molecule is COc1cc(Cl)c(C)cc1NC(=O)[C@@H](C)OC(=O)[C@H]1CCC(=O)N1. The molecule has 0 saturated carbocycles. The van der Waals surface area contributed by atoms with E-state index in [9.17, 15) is 14.4 Å². The number of esters is 1. The predicted molar refractivity (Wildman–Crippen MR) is 88.1 cm³/mol. The maximum Gasteiger partial charge on any atom is 0.329 e. The topological polar surface area (TPSA) is 93.7 Å². The van der Waals surface area contributed by atoms with E-state index in [0.29, 0.717) is 22.9 Å². The Kier molecular flexibility index (Phi) is 5.66. The first kappa shape index (κ1) is 18.1. The summed E-state index contributed by atoms with van der Waals surface area (Å²) in [5.74, 6) is -0.925. The van der Waals surface area contributed by atoms with E-state index < -0.39 is 24.0 Å². The molecule has 1 aliphatic rings. The third-order valence-corrected chi connectivity index (χ3v) is 4.09. The van der Waals surface area contributed by atoms with E-state index in [1.807, 2.05) is 0 Å². The number of hydrogen-bond acceptors (Lipinski definition) is 5. The van der Waals surface area contributed by atoms with Gasteiger partial charge in [-0.2, -0.15) is 0 Å². The van der Waals surface area contributed by atoms with Gasteiger partial charge in [0.15, 0.2) is 6.10 Å². The highest BCUT2D eigenvalue weighted by molar-refractivity contribution is 6.31. The van der Waals surface area contributed by atoms with Gasteiger partial charge in [0.2, 0.25) is 5.91 Å². The summed E-state index contributed by atoms with van der Waals surface area (Å²) in [5, 5.41) is 5.66. The Morgan fingerprint density at radius 2 is 2.12 bits per heavy atom. The third kappa shape index (κ3) is 4.17. The molecular weight excluding hydrogens is 336 g/mol. The Morgan fingerprint density at radius 3 is 2.71 bits per heavy atom. The molecule has 0 radical (unpaired) electrons. The van der Waals surface area contributed by atoms with Gasteiger partial charge in [-0.1, -0.05) is 11.6 Å². The summed E-state index contributed by atoms with van der Waals surface area (Å²) in [4.78, 5) is 35.3. The van der Waals surface area contributed by atoms with Crippen LogP contribution in [0.3, 0.4) is 0 Å². The summed E-state index contributed by atoms with van der Waals surface area (Å²) >= 11 is 6.02. The predicted octanol–water partition coefficient (Wildman–Crippen LogP) is 1.81. The largest absolute Gasteiger partial charge is 0.495 e. The number of halogens is 1. The minimum absolute atomic E-state index is 0.199. The van der Waals surface area contributed by atoms with E-state index in [2.05, 4.69) is 10.6 Å². The van der Waals surface area contributed by atoms with Crippen molar-refractivity contribution in [2.24, 2.45) is 0 Å². The smallest absolute Gasteiger partial charge is 0.329 e. The van der Waals surface area contributed by atoms with Gasteiger partial charge in [0.05, 0.1) is 12.8 Å². The Morgan fingerprint density at radius 1 is 1.42 bits per heavy atom. The van der Waals surface area contributed by atoms with Crippen LogP contribution in [0.5, 0.6) is 5.75 Å². The Bertz CT molecular complexity index is 677. The molecule has 24 heavy (non-hydrogen) atoms. The third-order valence-electron chi connectivity index (χ3n) is 3.68. The van der Waals surface area contributed by atoms with Crippen LogP contribution in [0.25, 0.3) is 0 Å². The number of carbonyl (C=O) groups excluding carboxylic acids is 3. The second-order valence-corrected chi connectivity index (χ2v) is 5.94. The van der Waals surface area contributed by atoms with Gasteiger partial charge in [-0.25, -0.2) is 4.79 Å². The van der Waals surface area contributed by atoms with Crippen molar-refractivity contribution in [3.63, 3.8) is 0 Å². The minimum Gasteiger partial charge on any atom is -0.495 e. The van der Waals surface area contributed by atoms with Gasteiger partial charge in [-0.05, 0) is 31.9 Å². The van der Waals surface area contributed by atoms with E-state index in [0.717, 1.165) is 5.56 Å². The molecule has 1 aromatic carbocycles. The lowest BCUT2D eigenvalue weighted by Gasteiger charge is -2.17. The van der Waals surface area contributed by atoms with Crippen molar-refractivity contribution >= 4 is 35.1 Å². The van der Waals surface area contributed by atoms with E-state index in [1.54, 1.807) is 19.1 Å². The number of methoxy groups -OCH3 is 1. The molecule has 0 aromatic heterocycles. The lowest BCUT2D eigenvalue weighted by Crippen LogP contribution is -2.39. The molecule has 2 rings (SSSR count). The van der Waals surface area contributed by atoms with Gasteiger partial charge in [-0.15, -0.1) is 0 Å². The average molecular weight is 355 g/mol. The van der Waals surface area contributed by atoms with Crippen molar-refractivity contribution in [2.45, 2.75) is 38.8 Å². The summed E-state index contributed by atoms with van der Waals surface area (Å²) in [5.41, 5.74) is 1.20. The Labute approximate surface area is 144 Å². The number of hydrogen-bond donors (Lipinski definition) is 2. The van der Waals surface area contributed by atoms with E-state index in [1.165, 1.54) is 14.0 Å². The number of ether oxygens (including phenoxy) is 2. The summed E-state index contributed by atoms with van der Waals surface area (Å²) in [7, 11) is 1.46. The fourth-order valence-electron chi connectivity index (χ4n) is 2.26. The molecule has 1 saturated heterocycles. The normalized spacial score (nSPS) is 17.8. The molecule has 0 unspecified atom stereocenters. The van der Waals surface area contributed by atoms with Crippen LogP contribution in [0.15, 0.2) is 12.1 Å². The first-order chi connectivity index (χ1) is 11.3. The molecule has 1 heterocycles. The van der Waals surface area contributed by atoms with Gasteiger partial charge in [0.1, 0.15) is 11.8 Å². The number of aryl methyl sites for hydroxylation is 1. The van der Waals surface area contributed by atoms with Gasteiger partial charge < -0.3 is 20.1 Å². The van der Waals surface area contributed by atoms with Crippen molar-refractivity contribution in [3.8, 4) is 5.75 Å².